The first kappa shape index (κ1) is 28.6. The second kappa shape index (κ2) is 12.0. The largest absolute Gasteiger partial charge is 0.458 e. The smallest absolute Gasteiger partial charge is 0.330 e. The average molecular weight is 551 g/mol. The molecule has 3 rings (SSSR count). The van der Waals surface area contributed by atoms with Gasteiger partial charge in [-0.05, 0) is 26.0 Å². The number of nitrogens with zero attached hydrogens (tertiary/aromatic N) is 2. The van der Waals surface area contributed by atoms with Crippen LogP contribution in [0, 0.1) is 0 Å². The molecule has 0 saturated carbocycles. The van der Waals surface area contributed by atoms with Crippen molar-refractivity contribution in [3.05, 3.63) is 63.4 Å². The van der Waals surface area contributed by atoms with E-state index in [2.05, 4.69) is 4.74 Å². The van der Waals surface area contributed by atoms with Crippen LogP contribution < -0.4 is 16.1 Å². The molecule has 1 saturated heterocycles. The van der Waals surface area contributed by atoms with E-state index >= 15 is 4.39 Å². The Balaban J connectivity index is 1.74. The molecule has 2 unspecified atom stereocenters. The normalized spacial score (nSPS) is 25.2. The van der Waals surface area contributed by atoms with Crippen molar-refractivity contribution in [3.63, 3.8) is 0 Å². The Kier molecular flexibility index (Phi) is 9.31. The molecule has 1 fully saturated rings. The van der Waals surface area contributed by atoms with Gasteiger partial charge < -0.3 is 23.9 Å². The number of hydrogen-bond donors (Lipinski definition) is 2. The Hall–Kier alpha value is -2.97. The summed E-state index contributed by atoms with van der Waals surface area (Å²) >= 11 is 0. The van der Waals surface area contributed by atoms with Crippen molar-refractivity contribution in [3.8, 4) is 5.75 Å². The van der Waals surface area contributed by atoms with Crippen LogP contribution in [0.3, 0.4) is 0 Å². The molecule has 2 heterocycles. The van der Waals surface area contributed by atoms with E-state index in [0.717, 1.165) is 23.8 Å². The molecule has 2 aromatic rings. The molecule has 1 aliphatic heterocycles. The summed E-state index contributed by atoms with van der Waals surface area (Å²) in [5.74, 6) is -1.05. The summed E-state index contributed by atoms with van der Waals surface area (Å²) < 4.78 is 69.1. The summed E-state index contributed by atoms with van der Waals surface area (Å²) in [7, 11) is -3.51. The van der Waals surface area contributed by atoms with Crippen molar-refractivity contribution in [1.82, 2.24) is 14.4 Å². The fourth-order valence-electron chi connectivity index (χ4n) is 3.41. The van der Waals surface area contributed by atoms with Gasteiger partial charge in [0.2, 0.25) is 0 Å². The van der Waals surface area contributed by atoms with E-state index in [0.29, 0.717) is 4.83 Å². The number of carbonyl (C=O) groups is 1. The van der Waals surface area contributed by atoms with Gasteiger partial charge in [0.15, 0.2) is 18.5 Å². The Morgan fingerprint density at radius 1 is 1.30 bits per heavy atom. The third-order valence-corrected chi connectivity index (χ3v) is 6.62. The number of esters is 1. The molecule has 37 heavy (non-hydrogen) atoms. The zero-order valence-corrected chi connectivity index (χ0v) is 20.6. The predicted octanol–water partition coefficient (Wildman–Crippen LogP) is 1.42. The maximum Gasteiger partial charge on any atom is 0.330 e. The fraction of sp³-hybridized carbons (Fsp3) is 0.476. The molecule has 16 heteroatoms. The highest BCUT2D eigenvalue weighted by Crippen LogP contribution is 2.42. The second-order valence-electron chi connectivity index (χ2n) is 8.14. The molecule has 6 atom stereocenters. The molecule has 0 bridgehead atoms. The third kappa shape index (κ3) is 6.87. The van der Waals surface area contributed by atoms with Gasteiger partial charge in [-0.15, -0.1) is 0 Å². The third-order valence-electron chi connectivity index (χ3n) is 5.36. The van der Waals surface area contributed by atoms with Crippen molar-refractivity contribution in [2.24, 2.45) is 0 Å². The van der Waals surface area contributed by atoms with Crippen molar-refractivity contribution < 1.29 is 46.5 Å². The lowest BCUT2D eigenvalue weighted by Crippen LogP contribution is -2.43. The summed E-state index contributed by atoms with van der Waals surface area (Å²) in [5.41, 5.74) is -4.24. The minimum Gasteiger partial charge on any atom is -0.458 e. The molecule has 0 radical (unpaired) electrons. The van der Waals surface area contributed by atoms with Gasteiger partial charge in [0.1, 0.15) is 24.0 Å². The van der Waals surface area contributed by atoms with Crippen LogP contribution in [0.4, 0.5) is 13.2 Å². The molecule has 1 aromatic heterocycles. The number of benzene rings is 1. The number of carbonyl (C=O) groups excluding carboxylic acids is 1. The molecule has 0 amide bonds. The van der Waals surface area contributed by atoms with Gasteiger partial charge >= 0.3 is 11.7 Å². The molecule has 2 N–H and O–H groups in total. The first-order chi connectivity index (χ1) is 17.4. The molecule has 1 aliphatic rings. The number of aliphatic hydroxyl groups excluding tert-OH is 1. The Morgan fingerprint density at radius 2 is 1.97 bits per heavy atom. The molecular formula is C21H25F3N3O9P. The molecule has 204 valence electrons. The van der Waals surface area contributed by atoms with Crippen molar-refractivity contribution in [1.29, 1.82) is 0 Å². The first-order valence-corrected chi connectivity index (χ1v) is 12.2. The van der Waals surface area contributed by atoms with Crippen LogP contribution in [0.2, 0.25) is 0 Å². The molecule has 0 aliphatic carbocycles. The van der Waals surface area contributed by atoms with Gasteiger partial charge in [-0.1, -0.05) is 23.0 Å². The highest BCUT2D eigenvalue weighted by molar-refractivity contribution is 7.36. The topological polar surface area (TPSA) is 149 Å². The quantitative estimate of drug-likeness (QED) is 0.239. The van der Waals surface area contributed by atoms with Gasteiger partial charge in [-0.3, -0.25) is 23.7 Å². The van der Waals surface area contributed by atoms with Gasteiger partial charge in [0.25, 0.3) is 20.2 Å². The van der Waals surface area contributed by atoms with Crippen LogP contribution in [-0.4, -0.2) is 69.0 Å². The number of halogens is 3. The standard InChI is InChI=1S/C21H25F3N3O9P/c1-12(18(30)33-11-15(22)23)27(36-13-6-4-3-5-7-13)37(32)34-10-14-17(29)21(2,24)19(35-14)26-9-8-16(28)25-20(26)31/h3-9,12,14-15,17,19,29,37H,10-11H2,1-2H3,(H,25,28,31)/t12?,14-,17-,19-,21-/m1/s1. The van der Waals surface area contributed by atoms with Gasteiger partial charge in [0.05, 0.1) is 6.61 Å². The number of nitrogens with one attached hydrogen (secondary N) is 1. The lowest BCUT2D eigenvalue weighted by atomic mass is 9.98. The lowest BCUT2D eigenvalue weighted by molar-refractivity contribution is -0.159. The minimum absolute atomic E-state index is 0.129. The fourth-order valence-corrected chi connectivity index (χ4v) is 4.45. The number of aromatic amines is 1. The number of hydrogen-bond acceptors (Lipinski definition) is 9. The average Bonchev–Trinajstić information content (AvgIpc) is 3.08. The van der Waals surface area contributed by atoms with E-state index in [1.54, 1.807) is 18.2 Å². The molecule has 0 spiro atoms. The monoisotopic (exact) mass is 551 g/mol. The molecule has 12 nitrogen and oxygen atoms in total. The first-order valence-electron chi connectivity index (χ1n) is 10.9. The Bertz CT molecular complexity index is 1210. The van der Waals surface area contributed by atoms with E-state index in [1.807, 2.05) is 4.98 Å². The van der Waals surface area contributed by atoms with Crippen molar-refractivity contribution in [2.75, 3.05) is 13.2 Å². The van der Waals surface area contributed by atoms with Crippen LogP contribution in [0.15, 0.2) is 52.2 Å². The van der Waals surface area contributed by atoms with E-state index in [4.69, 9.17) is 14.1 Å². The minimum atomic E-state index is -3.51. The number of H-pyrrole nitrogens is 1. The maximum atomic E-state index is 15.3. The zero-order valence-electron chi connectivity index (χ0n) is 19.6. The zero-order chi connectivity index (χ0) is 27.3. The van der Waals surface area contributed by atoms with Crippen LogP contribution in [0.1, 0.15) is 20.1 Å². The SMILES string of the molecule is CC(C(=O)OCC(F)F)N(Oc1ccccc1)[PH](=O)OC[C@H]1O[C@@H](n2ccc(=O)[nH]c2=O)[C@](C)(F)[C@@H]1O. The summed E-state index contributed by atoms with van der Waals surface area (Å²) in [6.45, 7) is 0.281. The molecular weight excluding hydrogens is 526 g/mol. The highest BCUT2D eigenvalue weighted by atomic mass is 31.1. The summed E-state index contributed by atoms with van der Waals surface area (Å²) in [5, 5.41) is 10.5. The molecule has 1 aromatic carbocycles. The van der Waals surface area contributed by atoms with E-state index in [1.165, 1.54) is 19.1 Å². The second-order valence-corrected chi connectivity index (χ2v) is 9.41. The Morgan fingerprint density at radius 3 is 2.59 bits per heavy atom. The highest BCUT2D eigenvalue weighted by Gasteiger charge is 2.55. The van der Waals surface area contributed by atoms with Gasteiger partial charge in [0, 0.05) is 12.3 Å². The lowest BCUT2D eigenvalue weighted by Gasteiger charge is -2.27. The Labute approximate surface area is 208 Å². The predicted molar refractivity (Wildman–Crippen MR) is 121 cm³/mol. The number of hydroxylamine groups is 1. The van der Waals surface area contributed by atoms with Crippen molar-refractivity contribution in [2.45, 2.75) is 50.4 Å². The van der Waals surface area contributed by atoms with Crippen LogP contribution >= 0.6 is 8.18 Å². The van der Waals surface area contributed by atoms with Crippen LogP contribution in [0.5, 0.6) is 5.75 Å². The number of alkyl halides is 3. The number of rotatable bonds is 11. The van der Waals surface area contributed by atoms with Crippen molar-refractivity contribution >= 4 is 14.1 Å². The summed E-state index contributed by atoms with van der Waals surface area (Å²) in [6.07, 6.45) is -6.89. The number of aromatic nitrogens is 2. The van der Waals surface area contributed by atoms with Gasteiger partial charge in [-0.25, -0.2) is 18.0 Å². The van der Waals surface area contributed by atoms with Crippen LogP contribution in [-0.2, 0) is 23.4 Å². The summed E-state index contributed by atoms with van der Waals surface area (Å²) in [4.78, 5) is 43.6. The van der Waals surface area contributed by atoms with E-state index in [-0.39, 0.29) is 5.75 Å². The summed E-state index contributed by atoms with van der Waals surface area (Å²) in [6, 6.07) is 7.23. The number of ether oxygens (including phenoxy) is 2. The number of para-hydroxylation sites is 1. The number of aliphatic hydroxyl groups is 1. The van der Waals surface area contributed by atoms with E-state index < -0.39 is 75.2 Å². The van der Waals surface area contributed by atoms with Crippen LogP contribution in [0.25, 0.3) is 0 Å². The van der Waals surface area contributed by atoms with E-state index in [9.17, 15) is 32.8 Å². The van der Waals surface area contributed by atoms with Gasteiger partial charge in [-0.2, -0.15) is 0 Å². The maximum absolute atomic E-state index is 15.3.